The van der Waals surface area contributed by atoms with Crippen LogP contribution in [0.15, 0.2) is 35.2 Å². The SMILES string of the molecule is NCCCNC(=O)C1CCC(C(F)(F)c2cc(Cl)nc(N3CCN(S(=O)(=O)c4ccc5c(c4)OC[C@@H]4[C@H](CO)OC(=O)N54)CC3)c2)CC1. The van der Waals surface area contributed by atoms with Crippen LogP contribution in [-0.4, -0.2) is 99.4 Å². The average Bonchev–Trinajstić information content (AvgIpc) is 3.43. The van der Waals surface area contributed by atoms with Crippen molar-refractivity contribution >= 4 is 45.1 Å². The van der Waals surface area contributed by atoms with Crippen molar-refractivity contribution in [2.24, 2.45) is 17.6 Å². The van der Waals surface area contributed by atoms with E-state index in [1.165, 1.54) is 39.5 Å². The maximum Gasteiger partial charge on any atom is 0.415 e. The molecule has 2 amide bonds. The number of nitrogens with zero attached hydrogens (tertiary/aromatic N) is 4. The first-order chi connectivity index (χ1) is 22.9. The van der Waals surface area contributed by atoms with Gasteiger partial charge in [-0.05, 0) is 62.9 Å². The molecule has 13 nitrogen and oxygen atoms in total. The topological polar surface area (TPSA) is 168 Å². The van der Waals surface area contributed by atoms with Gasteiger partial charge in [-0.3, -0.25) is 9.69 Å². The number of ether oxygens (including phenoxy) is 2. The number of halogens is 3. The van der Waals surface area contributed by atoms with Crippen molar-refractivity contribution in [3.63, 3.8) is 0 Å². The van der Waals surface area contributed by atoms with E-state index in [1.54, 1.807) is 4.90 Å². The summed E-state index contributed by atoms with van der Waals surface area (Å²) in [5.41, 5.74) is 5.57. The normalized spacial score (nSPS) is 24.8. The molecule has 0 bridgehead atoms. The second-order valence-electron chi connectivity index (χ2n) is 12.5. The van der Waals surface area contributed by atoms with E-state index in [0.717, 1.165) is 0 Å². The van der Waals surface area contributed by atoms with E-state index in [1.807, 2.05) is 0 Å². The largest absolute Gasteiger partial charge is 0.489 e. The van der Waals surface area contributed by atoms with E-state index in [-0.39, 0.29) is 91.2 Å². The molecule has 262 valence electrons. The molecule has 6 rings (SSSR count). The lowest BCUT2D eigenvalue weighted by Gasteiger charge is -2.36. The highest BCUT2D eigenvalue weighted by molar-refractivity contribution is 7.89. The standard InChI is InChI=1S/C31H39ClF2N6O7S/c32-27-14-21(31(33,34)20-4-2-19(3-5-20)29(42)36-9-1-8-35)15-28(37-27)38-10-12-39(13-11-38)48(44,45)22-6-7-23-25(16-22)46-18-24-26(17-41)47-30(43)40(23)24/h6-7,14-16,19-20,24,26,41H,1-5,8-13,17-18,35H2,(H,36,42)/t19?,20?,24-,26+/m1/s1. The first-order valence-corrected chi connectivity index (χ1v) is 17.9. The number of nitrogens with one attached hydrogen (secondary N) is 1. The summed E-state index contributed by atoms with van der Waals surface area (Å²) in [5.74, 6) is -4.15. The number of aromatic nitrogens is 1. The first kappa shape index (κ1) is 34.5. The minimum atomic E-state index is -3.97. The fraction of sp³-hybridized carbons (Fsp3) is 0.581. The van der Waals surface area contributed by atoms with Crippen molar-refractivity contribution in [1.29, 1.82) is 0 Å². The van der Waals surface area contributed by atoms with Gasteiger partial charge in [0.15, 0.2) is 6.10 Å². The van der Waals surface area contributed by atoms with E-state index in [4.69, 9.17) is 26.8 Å². The first-order valence-electron chi connectivity index (χ1n) is 16.1. The summed E-state index contributed by atoms with van der Waals surface area (Å²) in [6, 6.07) is 6.20. The Morgan fingerprint density at radius 3 is 2.54 bits per heavy atom. The molecule has 3 fully saturated rings. The number of cyclic esters (lactones) is 1. The van der Waals surface area contributed by atoms with Gasteiger partial charge in [-0.1, -0.05) is 11.6 Å². The maximum absolute atomic E-state index is 15.8. The number of aliphatic hydroxyl groups is 1. The number of pyridine rings is 1. The van der Waals surface area contributed by atoms with Gasteiger partial charge in [-0.25, -0.2) is 27.0 Å². The molecule has 17 heteroatoms. The molecule has 0 unspecified atom stereocenters. The molecule has 1 saturated carbocycles. The van der Waals surface area contributed by atoms with Gasteiger partial charge in [0, 0.05) is 56.2 Å². The van der Waals surface area contributed by atoms with E-state index >= 15 is 8.78 Å². The summed E-state index contributed by atoms with van der Waals surface area (Å²) in [5, 5.41) is 12.3. The Kier molecular flexibility index (Phi) is 10.0. The zero-order valence-electron chi connectivity index (χ0n) is 26.2. The molecule has 4 aliphatic rings. The van der Waals surface area contributed by atoms with E-state index in [0.29, 0.717) is 38.0 Å². The van der Waals surface area contributed by atoms with Crippen LogP contribution in [0.1, 0.15) is 37.7 Å². The number of amides is 2. The third-order valence-electron chi connectivity index (χ3n) is 9.65. The number of fused-ring (bicyclic) bond motifs is 3. The van der Waals surface area contributed by atoms with Crippen LogP contribution in [0.5, 0.6) is 5.75 Å². The van der Waals surface area contributed by atoms with Crippen LogP contribution < -0.4 is 25.6 Å². The van der Waals surface area contributed by atoms with Crippen molar-refractivity contribution in [3.05, 3.63) is 41.0 Å². The van der Waals surface area contributed by atoms with Gasteiger partial charge in [0.1, 0.15) is 29.4 Å². The van der Waals surface area contributed by atoms with Gasteiger partial charge >= 0.3 is 6.09 Å². The monoisotopic (exact) mass is 712 g/mol. The van der Waals surface area contributed by atoms with Crippen molar-refractivity contribution in [1.82, 2.24) is 14.6 Å². The zero-order valence-corrected chi connectivity index (χ0v) is 27.8. The van der Waals surface area contributed by atoms with Crippen molar-refractivity contribution in [3.8, 4) is 5.75 Å². The van der Waals surface area contributed by atoms with Crippen LogP contribution in [0.4, 0.5) is 25.1 Å². The van der Waals surface area contributed by atoms with Gasteiger partial charge in [-0.15, -0.1) is 0 Å². The van der Waals surface area contributed by atoms with Crippen LogP contribution in [0.3, 0.4) is 0 Å². The molecular formula is C31H39ClF2N6O7S. The Bertz CT molecular complexity index is 1640. The Morgan fingerprint density at radius 2 is 1.85 bits per heavy atom. The maximum atomic E-state index is 15.8. The molecule has 4 heterocycles. The van der Waals surface area contributed by atoms with Crippen molar-refractivity contribution in [2.75, 3.05) is 62.3 Å². The van der Waals surface area contributed by atoms with E-state index in [9.17, 15) is 23.1 Å². The number of hydrogen-bond acceptors (Lipinski definition) is 10. The smallest absolute Gasteiger partial charge is 0.415 e. The summed E-state index contributed by atoms with van der Waals surface area (Å²) >= 11 is 6.24. The Labute approximate surface area is 282 Å². The van der Waals surface area contributed by atoms with Gasteiger partial charge in [0.05, 0.1) is 17.2 Å². The zero-order chi connectivity index (χ0) is 34.2. The molecule has 1 aliphatic carbocycles. The average molecular weight is 713 g/mol. The Morgan fingerprint density at radius 1 is 1.12 bits per heavy atom. The lowest BCUT2D eigenvalue weighted by atomic mass is 9.77. The number of aliphatic hydroxyl groups excluding tert-OH is 1. The van der Waals surface area contributed by atoms with Crippen molar-refractivity contribution in [2.45, 2.75) is 55.1 Å². The third-order valence-corrected chi connectivity index (χ3v) is 11.7. The molecule has 1 aromatic carbocycles. The van der Waals surface area contributed by atoms with Gasteiger partial charge < -0.3 is 30.5 Å². The molecule has 48 heavy (non-hydrogen) atoms. The number of carbonyl (C=O) groups excluding carboxylic acids is 2. The molecule has 2 atom stereocenters. The minimum Gasteiger partial charge on any atom is -0.489 e. The van der Waals surface area contributed by atoms with Gasteiger partial charge in [-0.2, -0.15) is 4.31 Å². The van der Waals surface area contributed by atoms with E-state index < -0.39 is 40.1 Å². The highest BCUT2D eigenvalue weighted by Gasteiger charge is 2.47. The second kappa shape index (κ2) is 13.9. The number of rotatable bonds is 10. The summed E-state index contributed by atoms with van der Waals surface area (Å²) in [6.45, 7) is 1.11. The number of nitrogens with two attached hydrogens (primary N) is 1. The molecule has 2 aromatic rings. The van der Waals surface area contributed by atoms with Gasteiger partial charge in [0.25, 0.3) is 5.92 Å². The molecule has 2 saturated heterocycles. The van der Waals surface area contributed by atoms with Crippen LogP contribution in [0, 0.1) is 11.8 Å². The highest BCUT2D eigenvalue weighted by Crippen LogP contribution is 2.46. The summed E-state index contributed by atoms with van der Waals surface area (Å²) < 4.78 is 71.2. The Balaban J connectivity index is 1.09. The molecule has 0 radical (unpaired) electrons. The van der Waals surface area contributed by atoms with Crippen molar-refractivity contribution < 1.29 is 41.4 Å². The fourth-order valence-electron chi connectivity index (χ4n) is 6.88. The van der Waals surface area contributed by atoms with Crippen LogP contribution in [0.25, 0.3) is 0 Å². The van der Waals surface area contributed by atoms with Gasteiger partial charge in [0.2, 0.25) is 15.9 Å². The lowest BCUT2D eigenvalue weighted by Crippen LogP contribution is -2.49. The number of anilines is 2. The van der Waals surface area contributed by atoms with E-state index in [2.05, 4.69) is 10.3 Å². The molecular weight excluding hydrogens is 674 g/mol. The molecule has 4 N–H and O–H groups in total. The summed E-state index contributed by atoms with van der Waals surface area (Å²) in [7, 11) is -3.97. The number of alkyl halides is 2. The number of piperazine rings is 1. The van der Waals surface area contributed by atoms with Crippen LogP contribution in [0.2, 0.25) is 5.15 Å². The Hall–Kier alpha value is -3.31. The minimum absolute atomic E-state index is 0.0232. The third kappa shape index (κ3) is 6.64. The second-order valence-corrected chi connectivity index (χ2v) is 14.8. The van der Waals surface area contributed by atoms with Crippen LogP contribution in [-0.2, 0) is 25.5 Å². The molecule has 0 spiro atoms. The summed E-state index contributed by atoms with van der Waals surface area (Å²) in [4.78, 5) is 32.2. The number of benzene rings is 1. The highest BCUT2D eigenvalue weighted by atomic mass is 35.5. The predicted molar refractivity (Wildman–Crippen MR) is 172 cm³/mol. The lowest BCUT2D eigenvalue weighted by molar-refractivity contribution is -0.129. The number of carbonyl (C=O) groups is 2. The fourth-order valence-corrected chi connectivity index (χ4v) is 8.53. The van der Waals surface area contributed by atoms with Crippen LogP contribution >= 0.6 is 11.6 Å². The molecule has 3 aliphatic heterocycles. The molecule has 1 aromatic heterocycles. The predicted octanol–water partition coefficient (Wildman–Crippen LogP) is 2.69. The summed E-state index contributed by atoms with van der Waals surface area (Å²) in [6.07, 6.45) is 0.378. The quantitative estimate of drug-likeness (QED) is 0.246. The number of hydrogen-bond donors (Lipinski definition) is 3. The number of sulfonamides is 1.